The molecule has 0 atom stereocenters. The minimum atomic E-state index is 0.511. The Bertz CT molecular complexity index is 972. The van der Waals surface area contributed by atoms with Crippen LogP contribution in [0, 0.1) is 0 Å². The van der Waals surface area contributed by atoms with E-state index in [0.29, 0.717) is 13.2 Å². The second-order valence-corrected chi connectivity index (χ2v) is 6.28. The number of hydrogen-bond acceptors (Lipinski definition) is 5. The van der Waals surface area contributed by atoms with Crippen LogP contribution in [0.15, 0.2) is 48.7 Å². The van der Waals surface area contributed by atoms with Crippen LogP contribution in [0.5, 0.6) is 5.75 Å². The Hall–Kier alpha value is -2.57. The molecule has 2 heterocycles. The highest BCUT2D eigenvalue weighted by Crippen LogP contribution is 2.31. The first-order valence-corrected chi connectivity index (χ1v) is 8.17. The van der Waals surface area contributed by atoms with Gasteiger partial charge in [-0.3, -0.25) is 4.40 Å². The van der Waals surface area contributed by atoms with E-state index in [0.717, 1.165) is 37.9 Å². The lowest BCUT2D eigenvalue weighted by Crippen LogP contribution is -2.10. The van der Waals surface area contributed by atoms with Crippen molar-refractivity contribution in [3.63, 3.8) is 0 Å². The van der Waals surface area contributed by atoms with Gasteiger partial charge < -0.3 is 16.2 Å². The normalized spacial score (nSPS) is 11.3. The maximum atomic E-state index is 5.74. The second-order valence-electron chi connectivity index (χ2n) is 5.27. The van der Waals surface area contributed by atoms with Gasteiger partial charge in [0.25, 0.3) is 0 Å². The molecule has 116 valence electrons. The van der Waals surface area contributed by atoms with E-state index < -0.39 is 0 Å². The number of rotatable bonds is 4. The number of aromatic nitrogens is 2. The van der Waals surface area contributed by atoms with Crippen LogP contribution in [-0.2, 0) is 0 Å². The fourth-order valence-corrected chi connectivity index (χ4v) is 3.58. The monoisotopic (exact) mass is 324 g/mol. The summed E-state index contributed by atoms with van der Waals surface area (Å²) in [6.45, 7) is 1.03. The molecule has 0 fully saturated rings. The summed E-state index contributed by atoms with van der Waals surface area (Å²) < 4.78 is 8.83. The maximum Gasteiger partial charge on any atom is 0.195 e. The first-order chi connectivity index (χ1) is 11.2. The van der Waals surface area contributed by atoms with Crippen LogP contribution >= 0.6 is 11.3 Å². The third-order valence-electron chi connectivity index (χ3n) is 3.66. The van der Waals surface area contributed by atoms with Gasteiger partial charge in [0.1, 0.15) is 12.4 Å². The molecule has 0 unspecified atom stereocenters. The number of benzene rings is 2. The highest BCUT2D eigenvalue weighted by atomic mass is 32.1. The van der Waals surface area contributed by atoms with E-state index >= 15 is 0 Å². The summed E-state index contributed by atoms with van der Waals surface area (Å²) in [7, 11) is 0. The number of nitrogens with zero attached hydrogens (tertiary/aromatic N) is 2. The Morgan fingerprint density at radius 3 is 2.74 bits per heavy atom. The highest BCUT2D eigenvalue weighted by molar-refractivity contribution is 7.23. The first kappa shape index (κ1) is 14.0. The predicted octanol–water partition coefficient (Wildman–Crippen LogP) is 3.14. The van der Waals surface area contributed by atoms with Crippen LogP contribution in [0.1, 0.15) is 0 Å². The largest absolute Gasteiger partial charge is 0.492 e. The van der Waals surface area contributed by atoms with Gasteiger partial charge in [-0.1, -0.05) is 23.5 Å². The average molecular weight is 324 g/mol. The van der Waals surface area contributed by atoms with Gasteiger partial charge in [-0.2, -0.15) is 0 Å². The van der Waals surface area contributed by atoms with Gasteiger partial charge in [-0.05, 0) is 30.3 Å². The van der Waals surface area contributed by atoms with Crippen LogP contribution < -0.4 is 16.2 Å². The van der Waals surface area contributed by atoms with Crippen molar-refractivity contribution in [2.24, 2.45) is 5.73 Å². The Morgan fingerprint density at radius 2 is 1.96 bits per heavy atom. The molecular weight excluding hydrogens is 308 g/mol. The minimum absolute atomic E-state index is 0.511. The van der Waals surface area contributed by atoms with E-state index in [-0.39, 0.29) is 0 Å². The topological polar surface area (TPSA) is 78.6 Å². The smallest absolute Gasteiger partial charge is 0.195 e. The van der Waals surface area contributed by atoms with Gasteiger partial charge in [0.05, 0.1) is 15.9 Å². The molecule has 0 radical (unpaired) electrons. The van der Waals surface area contributed by atoms with E-state index in [1.54, 1.807) is 11.3 Å². The minimum Gasteiger partial charge on any atom is -0.492 e. The molecule has 6 heteroatoms. The summed E-state index contributed by atoms with van der Waals surface area (Å²) >= 11 is 1.64. The molecule has 0 amide bonds. The molecule has 2 aromatic heterocycles. The number of imidazole rings is 1. The molecule has 0 bridgehead atoms. The number of nitrogens with two attached hydrogens (primary N) is 2. The summed E-state index contributed by atoms with van der Waals surface area (Å²) in [5.74, 6) is 0.839. The van der Waals surface area contributed by atoms with Crippen molar-refractivity contribution in [1.82, 2.24) is 9.38 Å². The average Bonchev–Trinajstić information content (AvgIpc) is 3.10. The van der Waals surface area contributed by atoms with Gasteiger partial charge in [-0.25, -0.2) is 4.98 Å². The first-order valence-electron chi connectivity index (χ1n) is 7.35. The van der Waals surface area contributed by atoms with Crippen molar-refractivity contribution < 1.29 is 4.74 Å². The maximum absolute atomic E-state index is 5.74. The Kier molecular flexibility index (Phi) is 3.40. The number of hydrogen-bond donors (Lipinski definition) is 2. The van der Waals surface area contributed by atoms with Crippen molar-refractivity contribution in [2.75, 3.05) is 18.9 Å². The molecule has 0 spiro atoms. The van der Waals surface area contributed by atoms with Gasteiger partial charge >= 0.3 is 0 Å². The summed E-state index contributed by atoms with van der Waals surface area (Å²) in [5.41, 5.74) is 15.1. The molecule has 4 rings (SSSR count). The lowest BCUT2D eigenvalue weighted by molar-refractivity contribution is 0.329. The standard InChI is InChI=1S/C17H16N4OS/c18-7-8-22-13-5-6-15-16(9-13)23-17-20-14(10-21(15)17)11-1-3-12(19)4-2-11/h1-6,9-10H,7-8,18-19H2. The van der Waals surface area contributed by atoms with E-state index in [2.05, 4.69) is 16.7 Å². The van der Waals surface area contributed by atoms with Gasteiger partial charge in [0, 0.05) is 24.0 Å². The lowest BCUT2D eigenvalue weighted by atomic mass is 10.1. The lowest BCUT2D eigenvalue weighted by Gasteiger charge is -2.03. The van der Waals surface area contributed by atoms with E-state index in [1.165, 1.54) is 0 Å². The van der Waals surface area contributed by atoms with Gasteiger partial charge in [0.15, 0.2) is 4.96 Å². The summed E-state index contributed by atoms with van der Waals surface area (Å²) in [4.78, 5) is 5.68. The molecule has 23 heavy (non-hydrogen) atoms. The Morgan fingerprint density at radius 1 is 1.13 bits per heavy atom. The summed E-state index contributed by atoms with van der Waals surface area (Å²) in [5, 5.41) is 0. The van der Waals surface area contributed by atoms with E-state index in [9.17, 15) is 0 Å². The van der Waals surface area contributed by atoms with Crippen molar-refractivity contribution in [2.45, 2.75) is 0 Å². The van der Waals surface area contributed by atoms with Crippen LogP contribution in [-0.4, -0.2) is 22.5 Å². The molecule has 2 aromatic carbocycles. The Balaban J connectivity index is 1.76. The third-order valence-corrected chi connectivity index (χ3v) is 4.68. The van der Waals surface area contributed by atoms with Crippen molar-refractivity contribution in [1.29, 1.82) is 0 Å². The number of anilines is 1. The molecular formula is C17H16N4OS. The van der Waals surface area contributed by atoms with Crippen molar-refractivity contribution in [3.8, 4) is 17.0 Å². The number of nitrogen functional groups attached to an aromatic ring is 1. The van der Waals surface area contributed by atoms with E-state index in [4.69, 9.17) is 21.2 Å². The molecule has 4 aromatic rings. The van der Waals surface area contributed by atoms with Gasteiger partial charge in [-0.15, -0.1) is 0 Å². The van der Waals surface area contributed by atoms with Crippen LogP contribution in [0.4, 0.5) is 5.69 Å². The van der Waals surface area contributed by atoms with Crippen LogP contribution in [0.2, 0.25) is 0 Å². The number of thiazole rings is 1. The second kappa shape index (κ2) is 5.57. The molecule has 0 aliphatic rings. The SMILES string of the molecule is NCCOc1ccc2c(c1)sc1nc(-c3ccc(N)cc3)cn12. The zero-order valence-corrected chi connectivity index (χ0v) is 13.2. The molecule has 0 aliphatic heterocycles. The summed E-state index contributed by atoms with van der Waals surface area (Å²) in [6, 6.07) is 13.8. The van der Waals surface area contributed by atoms with Gasteiger partial charge in [0.2, 0.25) is 0 Å². The van der Waals surface area contributed by atoms with Crippen LogP contribution in [0.3, 0.4) is 0 Å². The molecule has 0 saturated heterocycles. The van der Waals surface area contributed by atoms with Crippen molar-refractivity contribution >= 4 is 32.2 Å². The molecule has 4 N–H and O–H groups in total. The number of fused-ring (bicyclic) bond motifs is 3. The third kappa shape index (κ3) is 2.52. The Labute approximate surface area is 137 Å². The van der Waals surface area contributed by atoms with Crippen molar-refractivity contribution in [3.05, 3.63) is 48.7 Å². The highest BCUT2D eigenvalue weighted by Gasteiger charge is 2.11. The zero-order valence-electron chi connectivity index (χ0n) is 12.4. The zero-order chi connectivity index (χ0) is 15.8. The van der Waals surface area contributed by atoms with E-state index in [1.807, 2.05) is 36.4 Å². The quantitative estimate of drug-likeness (QED) is 0.565. The predicted molar refractivity (Wildman–Crippen MR) is 95.0 cm³/mol. The molecule has 0 aliphatic carbocycles. The van der Waals surface area contributed by atoms with Crippen LogP contribution in [0.25, 0.3) is 26.4 Å². The number of ether oxygens (including phenoxy) is 1. The fraction of sp³-hybridized carbons (Fsp3) is 0.118. The fourth-order valence-electron chi connectivity index (χ4n) is 2.54. The molecule has 0 saturated carbocycles. The molecule has 5 nitrogen and oxygen atoms in total. The summed E-state index contributed by atoms with van der Waals surface area (Å²) in [6.07, 6.45) is 2.06.